The van der Waals surface area contributed by atoms with Crippen LogP contribution >= 0.6 is 0 Å². The van der Waals surface area contributed by atoms with Crippen molar-refractivity contribution in [3.63, 3.8) is 0 Å². The van der Waals surface area contributed by atoms with Gasteiger partial charge in [0.2, 0.25) is 23.6 Å². The van der Waals surface area contributed by atoms with E-state index in [-0.39, 0.29) is 60.4 Å². The molecule has 0 heterocycles. The van der Waals surface area contributed by atoms with Crippen LogP contribution in [0.15, 0.2) is 18.2 Å². The molecule has 5 amide bonds. The van der Waals surface area contributed by atoms with Crippen LogP contribution in [0.4, 0.5) is 11.4 Å². The highest BCUT2D eigenvalue weighted by atomic mass is 16.2. The lowest BCUT2D eigenvalue weighted by molar-refractivity contribution is -0.126. The predicted molar refractivity (Wildman–Crippen MR) is 135 cm³/mol. The lowest BCUT2D eigenvalue weighted by Crippen LogP contribution is -2.51. The third-order valence-corrected chi connectivity index (χ3v) is 4.97. The van der Waals surface area contributed by atoms with Crippen molar-refractivity contribution < 1.29 is 28.8 Å². The van der Waals surface area contributed by atoms with Crippen molar-refractivity contribution in [2.75, 3.05) is 30.8 Å². The maximum absolute atomic E-state index is 13.0. The van der Waals surface area contributed by atoms with Crippen molar-refractivity contribution in [3.05, 3.63) is 23.8 Å². The number of carbonyl (C=O) groups is 6. The van der Waals surface area contributed by atoms with Gasteiger partial charge < -0.3 is 37.1 Å². The van der Waals surface area contributed by atoms with E-state index in [1.807, 2.05) is 0 Å². The van der Waals surface area contributed by atoms with Gasteiger partial charge >= 0.3 is 0 Å². The van der Waals surface area contributed by atoms with Crippen LogP contribution in [0.1, 0.15) is 56.8 Å². The van der Waals surface area contributed by atoms with Crippen molar-refractivity contribution in [1.82, 2.24) is 16.0 Å². The molecule has 0 radical (unpaired) electrons. The third kappa shape index (κ3) is 11.6. The molecule has 198 valence electrons. The number of benzene rings is 1. The zero-order chi connectivity index (χ0) is 27.3. The second kappa shape index (κ2) is 15.2. The van der Waals surface area contributed by atoms with E-state index in [0.29, 0.717) is 13.0 Å². The highest BCUT2D eigenvalue weighted by Crippen LogP contribution is 2.21. The summed E-state index contributed by atoms with van der Waals surface area (Å²) in [6, 6.07) is 3.36. The first-order chi connectivity index (χ1) is 16.9. The number of ketones is 1. The Morgan fingerprint density at radius 2 is 1.47 bits per heavy atom. The summed E-state index contributed by atoms with van der Waals surface area (Å²) >= 11 is 0. The fourth-order valence-corrected chi connectivity index (χ4v) is 3.11. The van der Waals surface area contributed by atoms with Gasteiger partial charge in [0.15, 0.2) is 0 Å². The SMILES string of the molecule is CNCCCC(=O)Nc1cc(NC(=O)CCC(C)=O)cc(C(=O)NC(C(=O)NCC(N)=O)C(C)C)c1. The third-order valence-electron chi connectivity index (χ3n) is 4.97. The minimum Gasteiger partial charge on any atom is -0.368 e. The van der Waals surface area contributed by atoms with E-state index in [0.717, 1.165) is 0 Å². The van der Waals surface area contributed by atoms with Gasteiger partial charge in [-0.15, -0.1) is 0 Å². The molecule has 0 aliphatic rings. The lowest BCUT2D eigenvalue weighted by atomic mass is 10.0. The number of hydrogen-bond donors (Lipinski definition) is 6. The molecular formula is C24H36N6O6. The molecule has 12 heteroatoms. The molecule has 0 fully saturated rings. The Kier molecular flexibility index (Phi) is 12.8. The summed E-state index contributed by atoms with van der Waals surface area (Å²) in [4.78, 5) is 72.2. The monoisotopic (exact) mass is 504 g/mol. The van der Waals surface area contributed by atoms with Crippen LogP contribution < -0.4 is 32.3 Å². The number of nitrogens with one attached hydrogen (secondary N) is 5. The van der Waals surface area contributed by atoms with Gasteiger partial charge in [-0.25, -0.2) is 0 Å². The molecule has 0 saturated carbocycles. The number of primary amides is 1. The highest BCUT2D eigenvalue weighted by molar-refractivity contribution is 6.02. The average Bonchev–Trinajstić information content (AvgIpc) is 2.79. The molecular weight excluding hydrogens is 468 g/mol. The van der Waals surface area contributed by atoms with Gasteiger partial charge in [-0.1, -0.05) is 13.8 Å². The molecule has 0 aliphatic carbocycles. The minimum absolute atomic E-state index is 0.0348. The number of Topliss-reactive ketones (excluding diaryl/α,β-unsaturated/α-hetero) is 1. The molecule has 1 unspecified atom stereocenters. The van der Waals surface area contributed by atoms with Gasteiger partial charge in [0.05, 0.1) is 6.54 Å². The molecule has 0 spiro atoms. The zero-order valence-corrected chi connectivity index (χ0v) is 21.2. The Morgan fingerprint density at radius 3 is 1.97 bits per heavy atom. The summed E-state index contributed by atoms with van der Waals surface area (Å²) in [6.07, 6.45) is 0.880. The first kappa shape index (κ1) is 30.2. The number of rotatable bonds is 15. The topological polar surface area (TPSA) is 189 Å². The molecule has 0 bridgehead atoms. The zero-order valence-electron chi connectivity index (χ0n) is 21.2. The number of nitrogens with two attached hydrogens (primary N) is 1. The summed E-state index contributed by atoms with van der Waals surface area (Å²) in [5.41, 5.74) is 5.66. The van der Waals surface area contributed by atoms with Crippen molar-refractivity contribution in [2.24, 2.45) is 11.7 Å². The Hall–Kier alpha value is -3.80. The van der Waals surface area contributed by atoms with Gasteiger partial charge in [0.1, 0.15) is 11.8 Å². The van der Waals surface area contributed by atoms with E-state index < -0.39 is 29.7 Å². The smallest absolute Gasteiger partial charge is 0.252 e. The second-order valence-electron chi connectivity index (χ2n) is 8.68. The fourth-order valence-electron chi connectivity index (χ4n) is 3.11. The van der Waals surface area contributed by atoms with Gasteiger partial charge in [-0.3, -0.25) is 24.0 Å². The Labute approximate surface area is 210 Å². The van der Waals surface area contributed by atoms with Crippen molar-refractivity contribution in [3.8, 4) is 0 Å². The number of amides is 5. The molecule has 0 aliphatic heterocycles. The Balaban J connectivity index is 3.14. The summed E-state index contributed by atoms with van der Waals surface area (Å²) in [5, 5.41) is 13.3. The first-order valence-electron chi connectivity index (χ1n) is 11.7. The van der Waals surface area contributed by atoms with E-state index >= 15 is 0 Å². The van der Waals surface area contributed by atoms with E-state index in [2.05, 4.69) is 26.6 Å². The van der Waals surface area contributed by atoms with Crippen molar-refractivity contribution >= 4 is 46.7 Å². The Morgan fingerprint density at radius 1 is 0.889 bits per heavy atom. The van der Waals surface area contributed by atoms with Crippen LogP contribution in [0, 0.1) is 5.92 Å². The van der Waals surface area contributed by atoms with Gasteiger partial charge in [-0.05, 0) is 51.1 Å². The first-order valence-corrected chi connectivity index (χ1v) is 11.7. The van der Waals surface area contributed by atoms with Gasteiger partial charge in [0.25, 0.3) is 5.91 Å². The normalized spacial score (nSPS) is 11.4. The van der Waals surface area contributed by atoms with Gasteiger partial charge in [-0.2, -0.15) is 0 Å². The number of hydrogen-bond acceptors (Lipinski definition) is 7. The quantitative estimate of drug-likeness (QED) is 0.185. The average molecular weight is 505 g/mol. The molecule has 12 nitrogen and oxygen atoms in total. The van der Waals surface area contributed by atoms with E-state index in [1.54, 1.807) is 20.9 Å². The Bertz CT molecular complexity index is 978. The molecule has 1 aromatic rings. The molecule has 0 aromatic heterocycles. The summed E-state index contributed by atoms with van der Waals surface area (Å²) in [7, 11) is 1.78. The second-order valence-corrected chi connectivity index (χ2v) is 8.68. The summed E-state index contributed by atoms with van der Waals surface area (Å²) in [6.45, 7) is 5.10. The van der Waals surface area contributed by atoms with Crippen molar-refractivity contribution in [1.29, 1.82) is 0 Å². The van der Waals surface area contributed by atoms with E-state index in [9.17, 15) is 28.8 Å². The summed E-state index contributed by atoms with van der Waals surface area (Å²) in [5.74, 6) is -3.09. The van der Waals surface area contributed by atoms with Crippen molar-refractivity contribution in [2.45, 2.75) is 52.5 Å². The lowest BCUT2D eigenvalue weighted by Gasteiger charge is -2.22. The fraction of sp³-hybridized carbons (Fsp3) is 0.500. The maximum Gasteiger partial charge on any atom is 0.252 e. The molecule has 7 N–H and O–H groups in total. The highest BCUT2D eigenvalue weighted by Gasteiger charge is 2.25. The molecule has 1 atom stereocenters. The van der Waals surface area contributed by atoms with Crippen LogP contribution in [0.25, 0.3) is 0 Å². The summed E-state index contributed by atoms with van der Waals surface area (Å²) < 4.78 is 0. The number of carbonyl (C=O) groups excluding carboxylic acids is 6. The van der Waals surface area contributed by atoms with E-state index in [1.165, 1.54) is 25.1 Å². The van der Waals surface area contributed by atoms with Crippen LogP contribution in [0.2, 0.25) is 0 Å². The largest absolute Gasteiger partial charge is 0.368 e. The molecule has 0 saturated heterocycles. The standard InChI is InChI=1S/C24H36N6O6/c1-14(2)22(24(36)27-13-19(25)32)30-23(35)16-10-17(28-20(33)6-5-9-26-4)12-18(11-16)29-21(34)8-7-15(3)31/h10-12,14,22,26H,5-9,13H2,1-4H3,(H2,25,32)(H,27,36)(H,28,33)(H,29,34)(H,30,35). The van der Waals surface area contributed by atoms with Gasteiger partial charge in [0, 0.05) is 36.2 Å². The van der Waals surface area contributed by atoms with Crippen LogP contribution in [0.5, 0.6) is 0 Å². The van der Waals surface area contributed by atoms with Crippen LogP contribution in [0.3, 0.4) is 0 Å². The number of anilines is 2. The molecule has 36 heavy (non-hydrogen) atoms. The van der Waals surface area contributed by atoms with Crippen LogP contribution in [-0.2, 0) is 24.0 Å². The molecule has 1 rings (SSSR count). The minimum atomic E-state index is -0.967. The van der Waals surface area contributed by atoms with Crippen LogP contribution in [-0.4, -0.2) is 61.5 Å². The molecule has 1 aromatic carbocycles. The maximum atomic E-state index is 13.0. The van der Waals surface area contributed by atoms with E-state index in [4.69, 9.17) is 5.73 Å². The predicted octanol–water partition coefficient (Wildman–Crippen LogP) is 0.288.